The third kappa shape index (κ3) is 3.59. The zero-order valence-corrected chi connectivity index (χ0v) is 14.5. The Morgan fingerprint density at radius 3 is 2.81 bits per heavy atom. The van der Waals surface area contributed by atoms with Gasteiger partial charge in [0.05, 0.1) is 17.9 Å². The van der Waals surface area contributed by atoms with Crippen molar-refractivity contribution in [3.05, 3.63) is 30.1 Å². The maximum atomic E-state index is 11.9. The summed E-state index contributed by atoms with van der Waals surface area (Å²) in [5, 5.41) is 30.5. The highest BCUT2D eigenvalue weighted by atomic mass is 16.3. The SMILES string of the molecule is C[C@H]1C[C@@H](NC(=O)C(O)CO)CN(c2ccc(C#N)c3nccnc23)C1. The number of hydrogen-bond donors (Lipinski definition) is 3. The molecule has 1 fully saturated rings. The zero-order valence-electron chi connectivity index (χ0n) is 14.5. The predicted octanol–water partition coefficient (Wildman–Crippen LogP) is 0.186. The summed E-state index contributed by atoms with van der Waals surface area (Å²) in [5.41, 5.74) is 2.54. The summed E-state index contributed by atoms with van der Waals surface area (Å²) in [5.74, 6) is -0.265. The molecule has 0 saturated carbocycles. The van der Waals surface area contributed by atoms with Gasteiger partial charge in [-0.1, -0.05) is 6.92 Å². The molecule has 136 valence electrons. The molecule has 2 heterocycles. The molecule has 1 amide bonds. The second-order valence-corrected chi connectivity index (χ2v) is 6.65. The molecule has 1 unspecified atom stereocenters. The van der Waals surface area contributed by atoms with Crippen molar-refractivity contribution < 1.29 is 15.0 Å². The first-order valence-corrected chi connectivity index (χ1v) is 8.51. The molecular formula is C18H21N5O3. The van der Waals surface area contributed by atoms with E-state index < -0.39 is 18.6 Å². The fourth-order valence-corrected chi connectivity index (χ4v) is 3.42. The molecule has 1 saturated heterocycles. The number of piperidine rings is 1. The minimum atomic E-state index is -1.41. The Balaban J connectivity index is 1.88. The van der Waals surface area contributed by atoms with Gasteiger partial charge < -0.3 is 20.4 Å². The number of nitrogens with zero attached hydrogens (tertiary/aromatic N) is 4. The third-order valence-corrected chi connectivity index (χ3v) is 4.55. The number of aliphatic hydroxyl groups is 2. The van der Waals surface area contributed by atoms with Crippen molar-refractivity contribution in [2.24, 2.45) is 5.92 Å². The van der Waals surface area contributed by atoms with Crippen molar-refractivity contribution in [3.8, 4) is 6.07 Å². The number of amides is 1. The average molecular weight is 355 g/mol. The molecule has 2 aromatic rings. The molecule has 0 bridgehead atoms. The molecule has 0 aliphatic carbocycles. The van der Waals surface area contributed by atoms with Gasteiger partial charge in [0.25, 0.3) is 5.91 Å². The van der Waals surface area contributed by atoms with Crippen LogP contribution in [0, 0.1) is 17.2 Å². The lowest BCUT2D eigenvalue weighted by Gasteiger charge is -2.38. The number of aromatic nitrogens is 2. The predicted molar refractivity (Wildman–Crippen MR) is 95.3 cm³/mol. The van der Waals surface area contributed by atoms with Gasteiger partial charge >= 0.3 is 0 Å². The number of rotatable bonds is 4. The Morgan fingerprint density at radius 1 is 1.38 bits per heavy atom. The Labute approximate surface area is 151 Å². The van der Waals surface area contributed by atoms with Crippen LogP contribution < -0.4 is 10.2 Å². The van der Waals surface area contributed by atoms with Gasteiger partial charge in [-0.2, -0.15) is 5.26 Å². The molecule has 3 N–H and O–H groups in total. The molecule has 26 heavy (non-hydrogen) atoms. The second kappa shape index (κ2) is 7.64. The molecule has 1 aromatic carbocycles. The summed E-state index contributed by atoms with van der Waals surface area (Å²) in [6, 6.07) is 5.56. The van der Waals surface area contributed by atoms with Crippen LogP contribution in [0.4, 0.5) is 5.69 Å². The van der Waals surface area contributed by atoms with Crippen molar-refractivity contribution >= 4 is 22.6 Å². The van der Waals surface area contributed by atoms with Crippen molar-refractivity contribution in [3.63, 3.8) is 0 Å². The Kier molecular flexibility index (Phi) is 5.30. The fraction of sp³-hybridized carbons (Fsp3) is 0.444. The minimum Gasteiger partial charge on any atom is -0.393 e. The molecule has 1 aliphatic rings. The second-order valence-electron chi connectivity index (χ2n) is 6.65. The number of benzene rings is 1. The lowest BCUT2D eigenvalue weighted by Crippen LogP contribution is -2.53. The first-order valence-electron chi connectivity index (χ1n) is 8.51. The molecular weight excluding hydrogens is 334 g/mol. The maximum Gasteiger partial charge on any atom is 0.251 e. The van der Waals surface area contributed by atoms with Crippen LogP contribution in [0.15, 0.2) is 24.5 Å². The first kappa shape index (κ1) is 18.0. The van der Waals surface area contributed by atoms with Crippen LogP contribution in [0.2, 0.25) is 0 Å². The van der Waals surface area contributed by atoms with Crippen LogP contribution in [-0.2, 0) is 4.79 Å². The zero-order chi connectivity index (χ0) is 18.7. The molecule has 1 aromatic heterocycles. The smallest absolute Gasteiger partial charge is 0.251 e. The number of nitriles is 1. The van der Waals surface area contributed by atoms with E-state index in [0.29, 0.717) is 29.1 Å². The van der Waals surface area contributed by atoms with Crippen LogP contribution in [0.25, 0.3) is 11.0 Å². The molecule has 1 aliphatic heterocycles. The van der Waals surface area contributed by atoms with Crippen LogP contribution in [0.3, 0.4) is 0 Å². The molecule has 3 rings (SSSR count). The topological polar surface area (TPSA) is 122 Å². The Morgan fingerprint density at radius 2 is 2.12 bits per heavy atom. The number of nitrogens with one attached hydrogen (secondary N) is 1. The minimum absolute atomic E-state index is 0.158. The molecule has 0 radical (unpaired) electrons. The highest BCUT2D eigenvalue weighted by molar-refractivity contribution is 5.92. The van der Waals surface area contributed by atoms with E-state index in [-0.39, 0.29) is 6.04 Å². The summed E-state index contributed by atoms with van der Waals surface area (Å²) in [6.07, 6.45) is 2.52. The van der Waals surface area contributed by atoms with Crippen LogP contribution in [0.1, 0.15) is 18.9 Å². The normalized spacial score (nSPS) is 21.2. The van der Waals surface area contributed by atoms with Crippen molar-refractivity contribution in [2.75, 3.05) is 24.6 Å². The van der Waals surface area contributed by atoms with E-state index >= 15 is 0 Å². The van der Waals surface area contributed by atoms with Gasteiger partial charge in [0, 0.05) is 31.5 Å². The van der Waals surface area contributed by atoms with Crippen LogP contribution in [-0.4, -0.2) is 57.9 Å². The van der Waals surface area contributed by atoms with Gasteiger partial charge in [0.15, 0.2) is 6.10 Å². The Bertz CT molecular complexity index is 850. The quantitative estimate of drug-likeness (QED) is 0.715. The highest BCUT2D eigenvalue weighted by Gasteiger charge is 2.29. The van der Waals surface area contributed by atoms with E-state index in [9.17, 15) is 15.2 Å². The fourth-order valence-electron chi connectivity index (χ4n) is 3.42. The van der Waals surface area contributed by atoms with Crippen LogP contribution >= 0.6 is 0 Å². The lowest BCUT2D eigenvalue weighted by molar-refractivity contribution is -0.132. The van der Waals surface area contributed by atoms with E-state index in [1.54, 1.807) is 18.5 Å². The largest absolute Gasteiger partial charge is 0.393 e. The monoisotopic (exact) mass is 355 g/mol. The Hall–Kier alpha value is -2.76. The number of aliphatic hydroxyl groups excluding tert-OH is 2. The van der Waals surface area contributed by atoms with E-state index in [1.165, 1.54) is 0 Å². The molecule has 8 heteroatoms. The number of carbonyl (C=O) groups is 1. The van der Waals surface area contributed by atoms with Gasteiger partial charge in [0.2, 0.25) is 0 Å². The number of carbonyl (C=O) groups excluding carboxylic acids is 1. The average Bonchev–Trinajstić information content (AvgIpc) is 2.65. The molecule has 8 nitrogen and oxygen atoms in total. The van der Waals surface area contributed by atoms with E-state index in [4.69, 9.17) is 5.11 Å². The summed E-state index contributed by atoms with van der Waals surface area (Å²) in [6.45, 7) is 2.82. The standard InChI is InChI=1S/C18H21N5O3/c1-11-6-13(22-18(26)15(25)10-24)9-23(8-11)14-3-2-12(7-19)16-17(14)21-5-4-20-16/h2-5,11,13,15,24-25H,6,8-10H2,1H3,(H,22,26)/t11-,13+,15?/m0/s1. The van der Waals surface area contributed by atoms with E-state index in [2.05, 4.69) is 33.2 Å². The maximum absolute atomic E-state index is 11.9. The molecule has 3 atom stereocenters. The van der Waals surface area contributed by atoms with Crippen molar-refractivity contribution in [2.45, 2.75) is 25.5 Å². The van der Waals surface area contributed by atoms with Gasteiger partial charge in [0.1, 0.15) is 17.1 Å². The van der Waals surface area contributed by atoms with E-state index in [1.807, 2.05) is 6.07 Å². The third-order valence-electron chi connectivity index (χ3n) is 4.55. The number of fused-ring (bicyclic) bond motifs is 1. The number of anilines is 1. The van der Waals surface area contributed by atoms with Gasteiger partial charge in [-0.15, -0.1) is 0 Å². The summed E-state index contributed by atoms with van der Waals surface area (Å²) >= 11 is 0. The lowest BCUT2D eigenvalue weighted by atomic mass is 9.95. The van der Waals surface area contributed by atoms with E-state index in [0.717, 1.165) is 18.7 Å². The first-order chi connectivity index (χ1) is 12.5. The number of hydrogen-bond acceptors (Lipinski definition) is 7. The van der Waals surface area contributed by atoms with Gasteiger partial charge in [-0.3, -0.25) is 14.8 Å². The van der Waals surface area contributed by atoms with Crippen molar-refractivity contribution in [1.82, 2.24) is 15.3 Å². The summed E-state index contributed by atoms with van der Waals surface area (Å²) in [7, 11) is 0. The highest BCUT2D eigenvalue weighted by Crippen LogP contribution is 2.30. The molecule has 0 spiro atoms. The van der Waals surface area contributed by atoms with Crippen LogP contribution in [0.5, 0.6) is 0 Å². The summed E-state index contributed by atoms with van der Waals surface area (Å²) in [4.78, 5) is 22.7. The van der Waals surface area contributed by atoms with Crippen molar-refractivity contribution in [1.29, 1.82) is 5.26 Å². The summed E-state index contributed by atoms with van der Waals surface area (Å²) < 4.78 is 0. The van der Waals surface area contributed by atoms with Gasteiger partial charge in [-0.05, 0) is 24.5 Å². The van der Waals surface area contributed by atoms with Gasteiger partial charge in [-0.25, -0.2) is 0 Å².